The molecule has 0 aliphatic carbocycles. The molecule has 0 heterocycles. The van der Waals surface area contributed by atoms with Gasteiger partial charge < -0.3 is 14.2 Å². The summed E-state index contributed by atoms with van der Waals surface area (Å²) in [5, 5.41) is 11.7. The first-order valence-corrected chi connectivity index (χ1v) is 14.2. The third kappa shape index (κ3) is 10.8. The van der Waals surface area contributed by atoms with Crippen molar-refractivity contribution >= 4 is 52.2 Å². The van der Waals surface area contributed by atoms with E-state index in [1.807, 2.05) is 0 Å². The first kappa shape index (κ1) is 34.3. The van der Waals surface area contributed by atoms with Crippen LogP contribution in [0, 0.1) is 10.1 Å². The van der Waals surface area contributed by atoms with Gasteiger partial charge in [0.25, 0.3) is 0 Å². The number of ketones is 1. The third-order valence-electron chi connectivity index (χ3n) is 5.95. The Labute approximate surface area is 265 Å². The fourth-order valence-corrected chi connectivity index (χ4v) is 4.73. The molecule has 1 atom stereocenters. The second-order valence-electron chi connectivity index (χ2n) is 9.02. The van der Waals surface area contributed by atoms with Crippen LogP contribution in [0.15, 0.2) is 71.2 Å². The summed E-state index contributed by atoms with van der Waals surface area (Å²) in [6.45, 7) is -0.232. The van der Waals surface area contributed by atoms with E-state index in [0.717, 1.165) is 12.1 Å². The van der Waals surface area contributed by atoms with Crippen LogP contribution < -0.4 is 14.2 Å². The van der Waals surface area contributed by atoms with Gasteiger partial charge in [-0.05, 0) is 42.0 Å². The highest BCUT2D eigenvalue weighted by Gasteiger charge is 2.36. The van der Waals surface area contributed by atoms with Gasteiger partial charge in [0.15, 0.2) is 11.5 Å². The highest BCUT2D eigenvalue weighted by molar-refractivity contribution is 6.55. The fourth-order valence-electron chi connectivity index (χ4n) is 4.02. The molecule has 0 fully saturated rings. The van der Waals surface area contributed by atoms with Crippen molar-refractivity contribution in [2.75, 3.05) is 26.4 Å². The average molecular weight is 681 g/mol. The number of rotatable bonds is 15. The average Bonchev–Trinajstić information content (AvgIpc) is 2.93. The number of halogens is 7. The molecule has 0 bridgehead atoms. The first-order valence-electron chi connectivity index (χ1n) is 12.6. The second-order valence-corrected chi connectivity index (χ2v) is 10.8. The zero-order chi connectivity index (χ0) is 31.6. The lowest BCUT2D eigenvalue weighted by Crippen LogP contribution is -2.20. The molecule has 0 saturated carbocycles. The Morgan fingerprint density at radius 3 is 2.16 bits per heavy atom. The number of ether oxygens (including phenoxy) is 3. The number of nitro groups is 1. The summed E-state index contributed by atoms with van der Waals surface area (Å²) >= 11 is 23.6. The molecule has 0 spiro atoms. The molecule has 0 aliphatic rings. The van der Waals surface area contributed by atoms with E-state index in [4.69, 9.17) is 60.6 Å². The van der Waals surface area contributed by atoms with E-state index >= 15 is 0 Å². The minimum absolute atomic E-state index is 0.0666. The summed E-state index contributed by atoms with van der Waals surface area (Å²) in [7, 11) is 0. The van der Waals surface area contributed by atoms with Crippen LogP contribution >= 0.6 is 46.4 Å². The largest absolute Gasteiger partial charge is 0.493 e. The maximum atomic E-state index is 13.5. The predicted molar refractivity (Wildman–Crippen MR) is 159 cm³/mol. The number of carbonyl (C=O) groups excluding carboxylic acids is 1. The van der Waals surface area contributed by atoms with Gasteiger partial charge in [0.1, 0.15) is 22.6 Å². The van der Waals surface area contributed by atoms with Crippen LogP contribution in [-0.4, -0.2) is 37.1 Å². The van der Waals surface area contributed by atoms with E-state index < -0.39 is 41.3 Å². The molecule has 1 unspecified atom stereocenters. The fraction of sp³-hybridized carbons (Fsp3) is 0.276. The minimum atomic E-state index is -4.71. The summed E-state index contributed by atoms with van der Waals surface area (Å²) in [6.07, 6.45) is -3.28. The normalized spacial score (nSPS) is 11.9. The summed E-state index contributed by atoms with van der Waals surface area (Å²) in [6, 6.07) is 13.6. The predicted octanol–water partition coefficient (Wildman–Crippen LogP) is 9.19. The Balaban J connectivity index is 1.53. The molecule has 0 aliphatic heterocycles. The first-order chi connectivity index (χ1) is 20.3. The molecule has 43 heavy (non-hydrogen) atoms. The number of hydrogen-bond donors (Lipinski definition) is 0. The molecule has 0 radical (unpaired) electrons. The standard InChI is InChI=1S/C29H24Cl4F3NO6/c30-24-15-21(42-13-10-27(32)33)16-25(31)28(24)43-12-3-11-41-20-8-6-18(7-9-20)26(38)14-19(17-37(39)40)22-4-1-2-5-23(22)29(34,35)36/h1-2,4-10,15-16,19H,3,11-14,17H2. The van der Waals surface area contributed by atoms with Gasteiger partial charge in [0, 0.05) is 35.5 Å². The molecule has 230 valence electrons. The van der Waals surface area contributed by atoms with Crippen molar-refractivity contribution in [2.24, 2.45) is 0 Å². The van der Waals surface area contributed by atoms with Gasteiger partial charge in [0.2, 0.25) is 6.54 Å². The summed E-state index contributed by atoms with van der Waals surface area (Å²) < 4.78 is 57.3. The summed E-state index contributed by atoms with van der Waals surface area (Å²) in [5.74, 6) is -0.678. The molecule has 3 aromatic rings. The van der Waals surface area contributed by atoms with E-state index in [1.165, 1.54) is 54.6 Å². The maximum Gasteiger partial charge on any atom is 0.416 e. The van der Waals surface area contributed by atoms with Gasteiger partial charge >= 0.3 is 6.18 Å². The van der Waals surface area contributed by atoms with Crippen LogP contribution in [0.25, 0.3) is 0 Å². The highest BCUT2D eigenvalue weighted by atomic mass is 35.5. The van der Waals surface area contributed by atoms with Crippen LogP contribution in [0.5, 0.6) is 17.2 Å². The molecule has 7 nitrogen and oxygen atoms in total. The molecule has 0 amide bonds. The van der Waals surface area contributed by atoms with Gasteiger partial charge in [-0.1, -0.05) is 64.6 Å². The third-order valence-corrected chi connectivity index (χ3v) is 6.82. The Morgan fingerprint density at radius 1 is 0.930 bits per heavy atom. The highest BCUT2D eigenvalue weighted by Crippen LogP contribution is 2.38. The Bertz CT molecular complexity index is 1420. The van der Waals surface area contributed by atoms with E-state index in [0.29, 0.717) is 17.9 Å². The maximum absolute atomic E-state index is 13.5. The molecule has 14 heteroatoms. The number of nitrogens with zero attached hydrogens (tertiary/aromatic N) is 1. The quantitative estimate of drug-likeness (QED) is 0.0688. The smallest absolute Gasteiger partial charge is 0.416 e. The van der Waals surface area contributed by atoms with Crippen LogP contribution in [0.3, 0.4) is 0 Å². The van der Waals surface area contributed by atoms with Gasteiger partial charge in [0.05, 0.1) is 34.7 Å². The van der Waals surface area contributed by atoms with Crippen LogP contribution in [0.1, 0.15) is 40.2 Å². The number of alkyl halides is 3. The molecule has 0 N–H and O–H groups in total. The van der Waals surface area contributed by atoms with E-state index in [2.05, 4.69) is 0 Å². The number of carbonyl (C=O) groups is 1. The summed E-state index contributed by atoms with van der Waals surface area (Å²) in [5.41, 5.74) is -1.11. The van der Waals surface area contributed by atoms with Crippen molar-refractivity contribution in [2.45, 2.75) is 24.9 Å². The van der Waals surface area contributed by atoms with E-state index in [9.17, 15) is 28.1 Å². The number of hydrogen-bond acceptors (Lipinski definition) is 6. The van der Waals surface area contributed by atoms with Crippen LogP contribution in [0.2, 0.25) is 10.0 Å². The SMILES string of the molecule is O=C(CC(C[N+](=O)[O-])c1ccccc1C(F)(F)F)c1ccc(OCCCOc2c(Cl)cc(OCC=C(Cl)Cl)cc2Cl)cc1. The Morgan fingerprint density at radius 2 is 1.56 bits per heavy atom. The lowest BCUT2D eigenvalue weighted by Gasteiger charge is -2.18. The van der Waals surface area contributed by atoms with Crippen molar-refractivity contribution in [3.63, 3.8) is 0 Å². The molecule has 0 saturated heterocycles. The zero-order valence-corrected chi connectivity index (χ0v) is 25.2. The zero-order valence-electron chi connectivity index (χ0n) is 22.2. The Kier molecular flexibility index (Phi) is 12.8. The van der Waals surface area contributed by atoms with Gasteiger partial charge in [-0.25, -0.2) is 0 Å². The van der Waals surface area contributed by atoms with Gasteiger partial charge in [-0.2, -0.15) is 13.2 Å². The lowest BCUT2D eigenvalue weighted by molar-refractivity contribution is -0.483. The molecule has 3 rings (SSSR count). The van der Waals surface area contributed by atoms with Crippen LogP contribution in [-0.2, 0) is 6.18 Å². The molecular weight excluding hydrogens is 657 g/mol. The Hall–Kier alpha value is -3.18. The van der Waals surface area contributed by atoms with Gasteiger partial charge in [-0.15, -0.1) is 0 Å². The van der Waals surface area contributed by atoms with Gasteiger partial charge in [-0.3, -0.25) is 14.9 Å². The van der Waals surface area contributed by atoms with Crippen molar-refractivity contribution in [3.8, 4) is 17.2 Å². The number of benzene rings is 3. The lowest BCUT2D eigenvalue weighted by atomic mass is 9.88. The van der Waals surface area contributed by atoms with E-state index in [1.54, 1.807) is 0 Å². The topological polar surface area (TPSA) is 87.9 Å². The molecular formula is C29H24Cl4F3NO6. The van der Waals surface area contributed by atoms with E-state index in [-0.39, 0.29) is 51.2 Å². The van der Waals surface area contributed by atoms with Crippen molar-refractivity contribution in [1.82, 2.24) is 0 Å². The van der Waals surface area contributed by atoms with Crippen LogP contribution in [0.4, 0.5) is 13.2 Å². The van der Waals surface area contributed by atoms with Crippen molar-refractivity contribution in [1.29, 1.82) is 0 Å². The van der Waals surface area contributed by atoms with Crippen molar-refractivity contribution < 1.29 is 37.1 Å². The number of Topliss-reactive ketones (excluding diaryl/α,β-unsaturated/α-hetero) is 1. The molecule has 3 aromatic carbocycles. The summed E-state index contributed by atoms with van der Waals surface area (Å²) in [4.78, 5) is 23.3. The monoisotopic (exact) mass is 679 g/mol. The van der Waals surface area contributed by atoms with Crippen molar-refractivity contribution in [3.05, 3.63) is 108 Å². The second kappa shape index (κ2) is 16.0. The minimum Gasteiger partial charge on any atom is -0.493 e. The molecule has 0 aromatic heterocycles.